The number of rotatable bonds is 13. The third kappa shape index (κ3) is 16.3. The smallest absolute Gasteiger partial charge is 0.333 e. The normalized spacial score (nSPS) is 9.57. The highest BCUT2D eigenvalue weighted by Crippen LogP contribution is 2.12. The summed E-state index contributed by atoms with van der Waals surface area (Å²) in [6.07, 6.45) is 13.8. The molecule has 0 aromatic heterocycles. The van der Waals surface area contributed by atoms with E-state index in [9.17, 15) is 4.79 Å². The lowest BCUT2D eigenvalue weighted by atomic mass is 10.1. The van der Waals surface area contributed by atoms with Crippen LogP contribution in [-0.2, 0) is 9.53 Å². The van der Waals surface area contributed by atoms with E-state index in [4.69, 9.17) is 4.74 Å². The second kappa shape index (κ2) is 19.7. The number of allylic oxidation sites excluding steroid dienone is 1. The highest BCUT2D eigenvalue weighted by molar-refractivity contribution is 5.89. The van der Waals surface area contributed by atoms with E-state index in [0.29, 0.717) is 6.61 Å². The predicted molar refractivity (Wildman–Crippen MR) is 97.5 cm³/mol. The van der Waals surface area contributed by atoms with Gasteiger partial charge in [0.15, 0.2) is 0 Å². The van der Waals surface area contributed by atoms with E-state index in [1.807, 2.05) is 20.8 Å². The Morgan fingerprint density at radius 1 is 0.783 bits per heavy atom. The first-order chi connectivity index (χ1) is 10.1. The zero-order valence-corrected chi connectivity index (χ0v) is 17.8. The van der Waals surface area contributed by atoms with Gasteiger partial charge in [0.2, 0.25) is 0 Å². The topological polar surface area (TPSA) is 62.8 Å². The molecule has 0 atom stereocenters. The number of hydrogen-bond acceptors (Lipinski definition) is 2. The number of carbonyl (C=O) groups is 1. The van der Waals surface area contributed by atoms with Crippen molar-refractivity contribution in [2.75, 3.05) is 6.61 Å². The summed E-state index contributed by atoms with van der Waals surface area (Å²) in [4.78, 5) is 11.8. The van der Waals surface area contributed by atoms with Crippen LogP contribution in [-0.4, -0.2) is 12.6 Å². The molecular formula is C19H40BrNO2. The SMILES string of the molecule is CCCCCCCCCCCCOC(=O)C(CC)=C(C)C.[Br-].[NH4+]. The molecule has 4 N–H and O–H groups in total. The summed E-state index contributed by atoms with van der Waals surface area (Å²) in [7, 11) is 0. The van der Waals surface area contributed by atoms with Crippen LogP contribution in [0.1, 0.15) is 98.3 Å². The summed E-state index contributed by atoms with van der Waals surface area (Å²) in [5, 5.41) is 0. The first kappa shape index (κ1) is 27.5. The molecule has 0 amide bonds. The molecule has 0 rings (SSSR count). The maximum absolute atomic E-state index is 11.8. The number of hydrogen-bond donors (Lipinski definition) is 1. The van der Waals surface area contributed by atoms with Gasteiger partial charge < -0.3 is 27.9 Å². The van der Waals surface area contributed by atoms with Gasteiger partial charge in [0.05, 0.1) is 6.61 Å². The maximum Gasteiger partial charge on any atom is 0.333 e. The lowest BCUT2D eigenvalue weighted by Gasteiger charge is -2.08. The van der Waals surface area contributed by atoms with Crippen LogP contribution in [0.2, 0.25) is 0 Å². The fraction of sp³-hybridized carbons (Fsp3) is 0.842. The monoisotopic (exact) mass is 393 g/mol. The fourth-order valence-corrected chi connectivity index (χ4v) is 2.54. The van der Waals surface area contributed by atoms with Crippen molar-refractivity contribution in [1.82, 2.24) is 6.15 Å². The average Bonchev–Trinajstić information content (AvgIpc) is 2.45. The zero-order chi connectivity index (χ0) is 15.9. The number of esters is 1. The standard InChI is InChI=1S/C19H36O2.BrH.H3N/c1-5-7-8-9-10-11-12-13-14-15-16-21-19(20)18(6-2)17(3)4;;/h5-16H2,1-4H3;1H;1H3. The lowest BCUT2D eigenvalue weighted by Crippen LogP contribution is -3.00. The molecule has 3 nitrogen and oxygen atoms in total. The Bertz CT molecular complexity index is 300. The molecular weight excluding hydrogens is 354 g/mol. The third-order valence-electron chi connectivity index (χ3n) is 3.93. The van der Waals surface area contributed by atoms with Gasteiger partial charge in [-0.15, -0.1) is 0 Å². The van der Waals surface area contributed by atoms with E-state index < -0.39 is 0 Å². The highest BCUT2D eigenvalue weighted by atomic mass is 79.9. The number of halogens is 1. The highest BCUT2D eigenvalue weighted by Gasteiger charge is 2.09. The Morgan fingerprint density at radius 3 is 1.61 bits per heavy atom. The average molecular weight is 394 g/mol. The van der Waals surface area contributed by atoms with Crippen LogP contribution in [0.25, 0.3) is 0 Å². The molecule has 0 heterocycles. The summed E-state index contributed by atoms with van der Waals surface area (Å²) in [5.41, 5.74) is 1.91. The predicted octanol–water partition coefficient (Wildman–Crippen LogP) is 3.58. The van der Waals surface area contributed by atoms with Crippen molar-refractivity contribution in [1.29, 1.82) is 0 Å². The van der Waals surface area contributed by atoms with Crippen LogP contribution in [0.3, 0.4) is 0 Å². The summed E-state index contributed by atoms with van der Waals surface area (Å²) >= 11 is 0. The fourth-order valence-electron chi connectivity index (χ4n) is 2.54. The van der Waals surface area contributed by atoms with Crippen molar-refractivity contribution in [2.45, 2.75) is 98.3 Å². The molecule has 0 saturated carbocycles. The zero-order valence-electron chi connectivity index (χ0n) is 16.2. The van der Waals surface area contributed by atoms with Crippen LogP contribution in [0.15, 0.2) is 11.1 Å². The summed E-state index contributed by atoms with van der Waals surface area (Å²) in [5.74, 6) is -0.117. The molecule has 0 unspecified atom stereocenters. The van der Waals surface area contributed by atoms with Gasteiger partial charge in [0, 0.05) is 5.57 Å². The molecule has 0 aliphatic rings. The van der Waals surface area contributed by atoms with E-state index in [1.165, 1.54) is 57.8 Å². The van der Waals surface area contributed by atoms with Crippen molar-refractivity contribution in [3.63, 3.8) is 0 Å². The van der Waals surface area contributed by atoms with E-state index >= 15 is 0 Å². The van der Waals surface area contributed by atoms with Gasteiger partial charge in [-0.05, 0) is 26.7 Å². The molecule has 23 heavy (non-hydrogen) atoms. The second-order valence-electron chi connectivity index (χ2n) is 6.15. The van der Waals surface area contributed by atoms with Crippen molar-refractivity contribution in [3.05, 3.63) is 11.1 Å². The molecule has 0 aliphatic carbocycles. The first-order valence-corrected chi connectivity index (χ1v) is 8.96. The third-order valence-corrected chi connectivity index (χ3v) is 3.93. The molecule has 0 spiro atoms. The number of carbonyl (C=O) groups excluding carboxylic acids is 1. The summed E-state index contributed by atoms with van der Waals surface area (Å²) in [6.45, 7) is 8.78. The first-order valence-electron chi connectivity index (χ1n) is 8.96. The van der Waals surface area contributed by atoms with E-state index in [1.54, 1.807) is 0 Å². The molecule has 0 radical (unpaired) electrons. The molecule has 4 heteroatoms. The Labute approximate surface area is 155 Å². The lowest BCUT2D eigenvalue weighted by molar-refractivity contribution is -0.139. The summed E-state index contributed by atoms with van der Waals surface area (Å²) in [6, 6.07) is 0. The molecule has 0 saturated heterocycles. The minimum Gasteiger partial charge on any atom is -1.00 e. The van der Waals surface area contributed by atoms with Crippen LogP contribution in [0.5, 0.6) is 0 Å². The number of unbranched alkanes of at least 4 members (excludes halogenated alkanes) is 9. The van der Waals surface area contributed by atoms with Gasteiger partial charge in [0.1, 0.15) is 0 Å². The molecule has 0 bridgehead atoms. The quantitative estimate of drug-likeness (QED) is 0.295. The van der Waals surface area contributed by atoms with Crippen LogP contribution in [0.4, 0.5) is 0 Å². The molecule has 0 aromatic carbocycles. The Morgan fingerprint density at radius 2 is 1.22 bits per heavy atom. The van der Waals surface area contributed by atoms with Crippen molar-refractivity contribution in [2.24, 2.45) is 0 Å². The number of ether oxygens (including phenoxy) is 1. The molecule has 0 aliphatic heterocycles. The van der Waals surface area contributed by atoms with Crippen LogP contribution in [0, 0.1) is 0 Å². The minimum atomic E-state index is -0.117. The van der Waals surface area contributed by atoms with Gasteiger partial charge in [0.25, 0.3) is 0 Å². The molecule has 140 valence electrons. The van der Waals surface area contributed by atoms with Gasteiger partial charge in [-0.2, -0.15) is 0 Å². The van der Waals surface area contributed by atoms with Crippen molar-refractivity contribution in [3.8, 4) is 0 Å². The largest absolute Gasteiger partial charge is 1.00 e. The molecule has 0 aromatic rings. The van der Waals surface area contributed by atoms with E-state index in [-0.39, 0.29) is 29.1 Å². The Hall–Kier alpha value is -0.350. The second-order valence-corrected chi connectivity index (χ2v) is 6.15. The minimum absolute atomic E-state index is 0. The van der Waals surface area contributed by atoms with Gasteiger partial charge in [-0.25, -0.2) is 4.79 Å². The Balaban J connectivity index is -0.00000200. The Kier molecular flexibility index (Phi) is 23.5. The van der Waals surface area contributed by atoms with Crippen molar-refractivity contribution >= 4 is 5.97 Å². The van der Waals surface area contributed by atoms with E-state index in [2.05, 4.69) is 6.92 Å². The van der Waals surface area contributed by atoms with Crippen LogP contribution >= 0.6 is 0 Å². The van der Waals surface area contributed by atoms with Crippen molar-refractivity contribution < 1.29 is 26.5 Å². The van der Waals surface area contributed by atoms with Gasteiger partial charge in [-0.3, -0.25) is 0 Å². The molecule has 0 fully saturated rings. The van der Waals surface area contributed by atoms with Crippen LogP contribution < -0.4 is 23.1 Å². The van der Waals surface area contributed by atoms with E-state index in [0.717, 1.165) is 24.0 Å². The van der Waals surface area contributed by atoms with Gasteiger partial charge in [-0.1, -0.05) is 77.2 Å². The van der Waals surface area contributed by atoms with Gasteiger partial charge >= 0.3 is 5.97 Å². The number of quaternary nitrogens is 1. The maximum atomic E-state index is 11.8. The summed E-state index contributed by atoms with van der Waals surface area (Å²) < 4.78 is 5.33.